The number of hydrogen-bond donors (Lipinski definition) is 2. The van der Waals surface area contributed by atoms with Crippen molar-refractivity contribution >= 4 is 35.6 Å². The Balaban J connectivity index is 0.00000240. The molecule has 2 aromatic rings. The number of nitrogens with zero attached hydrogens (tertiary/aromatic N) is 4. The summed E-state index contributed by atoms with van der Waals surface area (Å²) in [5, 5.41) is 6.92. The quantitative estimate of drug-likeness (QED) is 0.801. The molecule has 2 aliphatic heterocycles. The molecule has 0 bridgehead atoms. The lowest BCUT2D eigenvalue weighted by molar-refractivity contribution is -0.117. The normalized spacial score (nSPS) is 23.8. The molecular formula is C21H29ClN6O. The van der Waals surface area contributed by atoms with Gasteiger partial charge >= 0.3 is 0 Å². The van der Waals surface area contributed by atoms with E-state index < -0.39 is 0 Å². The molecule has 2 N–H and O–H groups in total. The second-order valence-corrected chi connectivity index (χ2v) is 7.66. The van der Waals surface area contributed by atoms with Crippen LogP contribution >= 0.6 is 12.4 Å². The summed E-state index contributed by atoms with van der Waals surface area (Å²) in [7, 11) is 0. The highest BCUT2D eigenvalue weighted by Gasteiger charge is 2.38. The highest BCUT2D eigenvalue weighted by Crippen LogP contribution is 2.43. The van der Waals surface area contributed by atoms with Gasteiger partial charge in [-0.25, -0.2) is 9.97 Å². The monoisotopic (exact) mass is 416 g/mol. The third-order valence-corrected chi connectivity index (χ3v) is 5.97. The molecule has 1 saturated heterocycles. The van der Waals surface area contributed by atoms with Crippen molar-refractivity contribution in [3.63, 3.8) is 0 Å². The number of hydrogen-bond acceptors (Lipinski definition) is 6. The van der Waals surface area contributed by atoms with Crippen LogP contribution in [0.15, 0.2) is 36.7 Å². The van der Waals surface area contributed by atoms with E-state index in [0.717, 1.165) is 37.4 Å². The average molecular weight is 417 g/mol. The smallest absolute Gasteiger partial charge is 0.224 e. The van der Waals surface area contributed by atoms with Gasteiger partial charge in [-0.2, -0.15) is 0 Å². The summed E-state index contributed by atoms with van der Waals surface area (Å²) in [6, 6.07) is 8.39. The van der Waals surface area contributed by atoms with Gasteiger partial charge in [0.15, 0.2) is 0 Å². The number of rotatable bonds is 3. The third-order valence-electron chi connectivity index (χ3n) is 5.97. The summed E-state index contributed by atoms with van der Waals surface area (Å²) in [5.41, 5.74) is 3.31. The zero-order valence-electron chi connectivity index (χ0n) is 17.1. The number of aromatic nitrogens is 2. The minimum atomic E-state index is 0. The lowest BCUT2D eigenvalue weighted by atomic mass is 9.82. The van der Waals surface area contributed by atoms with Gasteiger partial charge in [-0.05, 0) is 31.2 Å². The lowest BCUT2D eigenvalue weighted by Crippen LogP contribution is -2.48. The molecule has 0 aliphatic carbocycles. The molecule has 0 saturated carbocycles. The number of amides is 1. The Bertz CT molecular complexity index is 842. The molecule has 156 valence electrons. The van der Waals surface area contributed by atoms with Crippen LogP contribution in [0.25, 0.3) is 0 Å². The van der Waals surface area contributed by atoms with Crippen LogP contribution in [0.1, 0.15) is 32.4 Å². The molecule has 8 heteroatoms. The van der Waals surface area contributed by atoms with Crippen molar-refractivity contribution in [2.45, 2.75) is 32.9 Å². The minimum Gasteiger partial charge on any atom is -0.369 e. The Morgan fingerprint density at radius 2 is 1.86 bits per heavy atom. The van der Waals surface area contributed by atoms with Crippen molar-refractivity contribution in [3.8, 4) is 0 Å². The summed E-state index contributed by atoms with van der Waals surface area (Å²) < 4.78 is 0. The van der Waals surface area contributed by atoms with Gasteiger partial charge in [0, 0.05) is 74.4 Å². The molecule has 1 aromatic heterocycles. The molecule has 7 nitrogen and oxygen atoms in total. The van der Waals surface area contributed by atoms with E-state index in [9.17, 15) is 4.79 Å². The Kier molecular flexibility index (Phi) is 6.59. The van der Waals surface area contributed by atoms with Crippen LogP contribution in [-0.4, -0.2) is 48.1 Å². The summed E-state index contributed by atoms with van der Waals surface area (Å²) in [6.07, 6.45) is 3.48. The third kappa shape index (κ3) is 4.16. The molecule has 0 spiro atoms. The predicted molar refractivity (Wildman–Crippen MR) is 119 cm³/mol. The first kappa shape index (κ1) is 21.3. The molecule has 0 unspecified atom stereocenters. The maximum atomic E-state index is 12.4. The molecule has 3 heterocycles. The van der Waals surface area contributed by atoms with Gasteiger partial charge in [-0.3, -0.25) is 4.79 Å². The van der Waals surface area contributed by atoms with Gasteiger partial charge in [0.25, 0.3) is 0 Å². The van der Waals surface area contributed by atoms with Crippen LogP contribution < -0.4 is 20.4 Å². The number of piperazine rings is 1. The van der Waals surface area contributed by atoms with Crippen molar-refractivity contribution in [2.24, 2.45) is 5.92 Å². The number of carbonyl (C=O) groups is 1. The van der Waals surface area contributed by atoms with Gasteiger partial charge in [-0.15, -0.1) is 12.4 Å². The second kappa shape index (κ2) is 8.97. The number of carbonyl (C=O) groups excluding carboxylic acids is 1. The standard InChI is InChI=1S/C21H28N6O.ClH/c1-14-15(2)27(16(3)28)19-6-5-17(26-11-9-22-10-12-26)13-18(19)20(14)25-21-23-7-4-8-24-21;/h4-8,13-15,20,22H,9-12H2,1-3H3,(H,23,24,25);1H/t14-,15-,20+;/m0./s1. The van der Waals surface area contributed by atoms with E-state index in [4.69, 9.17) is 0 Å². The van der Waals surface area contributed by atoms with Crippen LogP contribution in [0, 0.1) is 5.92 Å². The van der Waals surface area contributed by atoms with Crippen molar-refractivity contribution < 1.29 is 4.79 Å². The van der Waals surface area contributed by atoms with E-state index in [2.05, 4.69) is 57.5 Å². The molecule has 3 atom stereocenters. The Morgan fingerprint density at radius 1 is 1.17 bits per heavy atom. The fraction of sp³-hybridized carbons (Fsp3) is 0.476. The second-order valence-electron chi connectivity index (χ2n) is 7.66. The molecule has 2 aliphatic rings. The van der Waals surface area contributed by atoms with E-state index in [-0.39, 0.29) is 36.3 Å². The number of halogens is 1. The summed E-state index contributed by atoms with van der Waals surface area (Å²) in [4.78, 5) is 25.5. The molecule has 1 aromatic carbocycles. The van der Waals surface area contributed by atoms with E-state index in [1.165, 1.54) is 5.69 Å². The predicted octanol–water partition coefficient (Wildman–Crippen LogP) is 2.85. The maximum absolute atomic E-state index is 12.4. The minimum absolute atomic E-state index is 0. The SMILES string of the molecule is CC(=O)N1c2ccc(N3CCNCC3)cc2[C@H](Nc2ncccn2)[C@@H](C)[C@@H]1C.Cl. The van der Waals surface area contributed by atoms with Crippen molar-refractivity contribution in [1.82, 2.24) is 15.3 Å². The van der Waals surface area contributed by atoms with Crippen molar-refractivity contribution in [2.75, 3.05) is 41.3 Å². The summed E-state index contributed by atoms with van der Waals surface area (Å²) >= 11 is 0. The summed E-state index contributed by atoms with van der Waals surface area (Å²) in [6.45, 7) is 9.89. The molecule has 1 amide bonds. The Hall–Kier alpha value is -2.38. The molecule has 1 fully saturated rings. The van der Waals surface area contributed by atoms with E-state index in [1.807, 2.05) is 11.0 Å². The number of fused-ring (bicyclic) bond motifs is 1. The fourth-order valence-corrected chi connectivity index (χ4v) is 4.32. The van der Waals surface area contributed by atoms with E-state index in [0.29, 0.717) is 5.95 Å². The van der Waals surface area contributed by atoms with Gasteiger partial charge in [0.05, 0.1) is 6.04 Å². The molecule has 29 heavy (non-hydrogen) atoms. The Labute approximate surface area is 178 Å². The largest absolute Gasteiger partial charge is 0.369 e. The highest BCUT2D eigenvalue weighted by atomic mass is 35.5. The van der Waals surface area contributed by atoms with Crippen LogP contribution in [-0.2, 0) is 4.79 Å². The Morgan fingerprint density at radius 3 is 2.52 bits per heavy atom. The maximum Gasteiger partial charge on any atom is 0.224 e. The average Bonchev–Trinajstić information content (AvgIpc) is 2.72. The number of benzene rings is 1. The zero-order valence-corrected chi connectivity index (χ0v) is 17.9. The van der Waals surface area contributed by atoms with Crippen LogP contribution in [0.3, 0.4) is 0 Å². The van der Waals surface area contributed by atoms with Crippen molar-refractivity contribution in [3.05, 3.63) is 42.2 Å². The van der Waals surface area contributed by atoms with Gasteiger partial charge in [0.1, 0.15) is 0 Å². The zero-order chi connectivity index (χ0) is 19.7. The summed E-state index contributed by atoms with van der Waals surface area (Å²) in [5.74, 6) is 0.893. The molecule has 4 rings (SSSR count). The first-order valence-electron chi connectivity index (χ1n) is 9.99. The van der Waals surface area contributed by atoms with Crippen LogP contribution in [0.4, 0.5) is 17.3 Å². The molecule has 0 radical (unpaired) electrons. The van der Waals surface area contributed by atoms with E-state index in [1.54, 1.807) is 19.3 Å². The first-order valence-corrected chi connectivity index (χ1v) is 9.99. The number of anilines is 3. The van der Waals surface area contributed by atoms with Gasteiger partial charge < -0.3 is 20.4 Å². The highest BCUT2D eigenvalue weighted by molar-refractivity contribution is 5.94. The van der Waals surface area contributed by atoms with Crippen molar-refractivity contribution in [1.29, 1.82) is 0 Å². The fourth-order valence-electron chi connectivity index (χ4n) is 4.32. The van der Waals surface area contributed by atoms with Gasteiger partial charge in [-0.1, -0.05) is 6.92 Å². The lowest BCUT2D eigenvalue weighted by Gasteiger charge is -2.44. The van der Waals surface area contributed by atoms with E-state index >= 15 is 0 Å². The van der Waals surface area contributed by atoms with Crippen LogP contribution in [0.5, 0.6) is 0 Å². The topological polar surface area (TPSA) is 73.4 Å². The van der Waals surface area contributed by atoms with Gasteiger partial charge in [0.2, 0.25) is 11.9 Å². The van der Waals surface area contributed by atoms with Crippen LogP contribution in [0.2, 0.25) is 0 Å². The molecular weight excluding hydrogens is 388 g/mol. The number of nitrogens with one attached hydrogen (secondary N) is 2. The first-order chi connectivity index (χ1) is 13.6.